The first-order valence-corrected chi connectivity index (χ1v) is 6.81. The van der Waals surface area contributed by atoms with Gasteiger partial charge in [-0.2, -0.15) is 0 Å². The second-order valence-electron chi connectivity index (χ2n) is 4.15. The SMILES string of the molecule is O=C(Cc1ccc(O)cc1)Nc1cc(Cl)c(Cl)c(Cl)c1. The van der Waals surface area contributed by atoms with Gasteiger partial charge in [-0.3, -0.25) is 4.79 Å². The van der Waals surface area contributed by atoms with Crippen LogP contribution in [0.15, 0.2) is 36.4 Å². The Labute approximate surface area is 131 Å². The zero-order valence-corrected chi connectivity index (χ0v) is 12.4. The van der Waals surface area contributed by atoms with E-state index in [-0.39, 0.29) is 33.1 Å². The Balaban J connectivity index is 2.06. The number of hydrogen-bond donors (Lipinski definition) is 2. The Hall–Kier alpha value is -1.42. The lowest BCUT2D eigenvalue weighted by Crippen LogP contribution is -2.14. The van der Waals surface area contributed by atoms with E-state index < -0.39 is 0 Å². The van der Waals surface area contributed by atoms with E-state index in [1.54, 1.807) is 12.1 Å². The maximum Gasteiger partial charge on any atom is 0.228 e. The van der Waals surface area contributed by atoms with Crippen LogP contribution in [0.5, 0.6) is 5.75 Å². The minimum atomic E-state index is -0.217. The highest BCUT2D eigenvalue weighted by atomic mass is 35.5. The number of amides is 1. The van der Waals surface area contributed by atoms with Crippen LogP contribution >= 0.6 is 34.8 Å². The normalized spacial score (nSPS) is 10.3. The monoisotopic (exact) mass is 329 g/mol. The number of halogens is 3. The van der Waals surface area contributed by atoms with E-state index >= 15 is 0 Å². The van der Waals surface area contributed by atoms with Gasteiger partial charge in [-0.25, -0.2) is 0 Å². The second-order valence-corrected chi connectivity index (χ2v) is 5.34. The summed E-state index contributed by atoms with van der Waals surface area (Å²) in [6.45, 7) is 0. The molecule has 0 radical (unpaired) electrons. The molecule has 0 bridgehead atoms. The highest BCUT2D eigenvalue weighted by Crippen LogP contribution is 2.33. The van der Waals surface area contributed by atoms with Crippen LogP contribution < -0.4 is 5.32 Å². The van der Waals surface area contributed by atoms with Crippen molar-refractivity contribution in [3.8, 4) is 5.75 Å². The predicted molar refractivity (Wildman–Crippen MR) is 81.9 cm³/mol. The van der Waals surface area contributed by atoms with Crippen molar-refractivity contribution in [3.63, 3.8) is 0 Å². The Morgan fingerprint density at radius 2 is 1.60 bits per heavy atom. The van der Waals surface area contributed by atoms with Crippen LogP contribution in [-0.2, 0) is 11.2 Å². The zero-order chi connectivity index (χ0) is 14.7. The molecular weight excluding hydrogens is 321 g/mol. The predicted octanol–water partition coefficient (Wildman–Crippen LogP) is 4.53. The zero-order valence-electron chi connectivity index (χ0n) is 10.2. The molecule has 2 aromatic carbocycles. The summed E-state index contributed by atoms with van der Waals surface area (Å²) in [5.74, 6) is -0.0597. The smallest absolute Gasteiger partial charge is 0.228 e. The summed E-state index contributed by atoms with van der Waals surface area (Å²) in [7, 11) is 0. The summed E-state index contributed by atoms with van der Waals surface area (Å²) in [5, 5.41) is 12.7. The lowest BCUT2D eigenvalue weighted by atomic mass is 10.1. The van der Waals surface area contributed by atoms with E-state index in [0.717, 1.165) is 5.56 Å². The van der Waals surface area contributed by atoms with Crippen molar-refractivity contribution < 1.29 is 9.90 Å². The fourth-order valence-corrected chi connectivity index (χ4v) is 2.23. The molecule has 0 unspecified atom stereocenters. The number of phenols is 1. The lowest BCUT2D eigenvalue weighted by Gasteiger charge is -2.08. The van der Waals surface area contributed by atoms with Crippen molar-refractivity contribution in [2.24, 2.45) is 0 Å². The molecular formula is C14H10Cl3NO2. The molecule has 0 atom stereocenters. The lowest BCUT2D eigenvalue weighted by molar-refractivity contribution is -0.115. The molecule has 0 heterocycles. The third-order valence-electron chi connectivity index (χ3n) is 2.57. The minimum Gasteiger partial charge on any atom is -0.508 e. The van der Waals surface area contributed by atoms with Crippen molar-refractivity contribution in [2.45, 2.75) is 6.42 Å². The molecule has 0 fully saturated rings. The average Bonchev–Trinajstić information content (AvgIpc) is 2.38. The molecule has 2 rings (SSSR count). The van der Waals surface area contributed by atoms with E-state index in [1.165, 1.54) is 24.3 Å². The fourth-order valence-electron chi connectivity index (χ4n) is 1.63. The van der Waals surface area contributed by atoms with E-state index in [1.807, 2.05) is 0 Å². The Morgan fingerprint density at radius 1 is 1.05 bits per heavy atom. The van der Waals surface area contributed by atoms with Gasteiger partial charge in [-0.1, -0.05) is 46.9 Å². The summed E-state index contributed by atoms with van der Waals surface area (Å²) >= 11 is 17.6. The molecule has 104 valence electrons. The quantitative estimate of drug-likeness (QED) is 0.812. The van der Waals surface area contributed by atoms with Gasteiger partial charge < -0.3 is 10.4 Å². The number of aromatic hydroxyl groups is 1. The number of anilines is 1. The Morgan fingerprint density at radius 3 is 2.15 bits per heavy atom. The standard InChI is InChI=1S/C14H10Cl3NO2/c15-11-6-9(7-12(16)14(11)17)18-13(20)5-8-1-3-10(19)4-2-8/h1-4,6-7,19H,5H2,(H,18,20). The summed E-state index contributed by atoms with van der Waals surface area (Å²) < 4.78 is 0. The van der Waals surface area contributed by atoms with E-state index in [9.17, 15) is 9.90 Å². The Kier molecular flexibility index (Phi) is 4.76. The van der Waals surface area contributed by atoms with Crippen LogP contribution in [0.4, 0.5) is 5.69 Å². The van der Waals surface area contributed by atoms with Gasteiger partial charge in [-0.15, -0.1) is 0 Å². The number of nitrogens with one attached hydrogen (secondary N) is 1. The molecule has 1 amide bonds. The van der Waals surface area contributed by atoms with Crippen LogP contribution in [0.1, 0.15) is 5.56 Å². The number of benzene rings is 2. The molecule has 6 heteroatoms. The summed E-state index contributed by atoms with van der Waals surface area (Å²) in [6.07, 6.45) is 0.179. The van der Waals surface area contributed by atoms with Gasteiger partial charge in [-0.05, 0) is 29.8 Å². The maximum atomic E-state index is 11.9. The van der Waals surface area contributed by atoms with E-state index in [0.29, 0.717) is 5.69 Å². The van der Waals surface area contributed by atoms with Gasteiger partial charge in [0.2, 0.25) is 5.91 Å². The van der Waals surface area contributed by atoms with Gasteiger partial charge in [0.1, 0.15) is 5.75 Å². The first-order valence-electron chi connectivity index (χ1n) is 5.68. The van der Waals surface area contributed by atoms with Gasteiger partial charge in [0.25, 0.3) is 0 Å². The number of hydrogen-bond acceptors (Lipinski definition) is 2. The number of rotatable bonds is 3. The molecule has 0 aromatic heterocycles. The number of carbonyl (C=O) groups is 1. The molecule has 0 saturated heterocycles. The largest absolute Gasteiger partial charge is 0.508 e. The first kappa shape index (κ1) is 15.0. The van der Waals surface area contributed by atoms with Crippen LogP contribution in [0.25, 0.3) is 0 Å². The number of phenolic OH excluding ortho intramolecular Hbond substituents is 1. The average molecular weight is 331 g/mol. The third-order valence-corrected chi connectivity index (χ3v) is 3.77. The molecule has 3 nitrogen and oxygen atoms in total. The molecule has 0 aliphatic heterocycles. The van der Waals surface area contributed by atoms with Crippen LogP contribution in [0.2, 0.25) is 15.1 Å². The van der Waals surface area contributed by atoms with Crippen LogP contribution in [-0.4, -0.2) is 11.0 Å². The van der Waals surface area contributed by atoms with Gasteiger partial charge in [0.05, 0.1) is 21.5 Å². The highest BCUT2D eigenvalue weighted by molar-refractivity contribution is 6.48. The first-order chi connectivity index (χ1) is 9.45. The van der Waals surface area contributed by atoms with Crippen molar-refractivity contribution in [1.29, 1.82) is 0 Å². The topological polar surface area (TPSA) is 49.3 Å². The molecule has 0 saturated carbocycles. The van der Waals surface area contributed by atoms with Crippen molar-refractivity contribution in [2.75, 3.05) is 5.32 Å². The van der Waals surface area contributed by atoms with Crippen molar-refractivity contribution in [3.05, 3.63) is 57.0 Å². The molecule has 0 aliphatic carbocycles. The van der Waals surface area contributed by atoms with E-state index in [4.69, 9.17) is 34.8 Å². The fraction of sp³-hybridized carbons (Fsp3) is 0.0714. The Bertz CT molecular complexity index is 618. The van der Waals surface area contributed by atoms with Gasteiger partial charge >= 0.3 is 0 Å². The molecule has 2 aromatic rings. The van der Waals surface area contributed by atoms with Crippen LogP contribution in [0, 0.1) is 0 Å². The van der Waals surface area contributed by atoms with Gasteiger partial charge in [0.15, 0.2) is 0 Å². The summed E-state index contributed by atoms with van der Waals surface area (Å²) in [6, 6.07) is 9.47. The molecule has 0 aliphatic rings. The second kappa shape index (κ2) is 6.35. The maximum absolute atomic E-state index is 11.9. The number of carbonyl (C=O) groups excluding carboxylic acids is 1. The van der Waals surface area contributed by atoms with Crippen molar-refractivity contribution >= 4 is 46.4 Å². The van der Waals surface area contributed by atoms with Gasteiger partial charge in [0, 0.05) is 5.69 Å². The molecule has 20 heavy (non-hydrogen) atoms. The summed E-state index contributed by atoms with van der Waals surface area (Å²) in [5.41, 5.74) is 1.26. The minimum absolute atomic E-state index is 0.158. The van der Waals surface area contributed by atoms with E-state index in [2.05, 4.69) is 5.32 Å². The van der Waals surface area contributed by atoms with Crippen molar-refractivity contribution in [1.82, 2.24) is 0 Å². The highest BCUT2D eigenvalue weighted by Gasteiger charge is 2.09. The molecule has 2 N–H and O–H groups in total. The summed E-state index contributed by atoms with van der Waals surface area (Å²) in [4.78, 5) is 11.9. The van der Waals surface area contributed by atoms with Crippen LogP contribution in [0.3, 0.4) is 0 Å². The third kappa shape index (κ3) is 3.79. The molecule has 0 spiro atoms.